The van der Waals surface area contributed by atoms with E-state index in [-0.39, 0.29) is 24.8 Å². The van der Waals surface area contributed by atoms with Crippen molar-refractivity contribution in [1.82, 2.24) is 14.9 Å². The highest BCUT2D eigenvalue weighted by Crippen LogP contribution is 2.24. The molecule has 0 radical (unpaired) electrons. The Bertz CT molecular complexity index is 734. The Morgan fingerprint density at radius 1 is 1.43 bits per heavy atom. The van der Waals surface area contributed by atoms with Crippen LogP contribution in [-0.2, 0) is 11.3 Å². The first-order valence-electron chi connectivity index (χ1n) is 6.76. The van der Waals surface area contributed by atoms with E-state index in [1.807, 2.05) is 22.8 Å². The van der Waals surface area contributed by atoms with Gasteiger partial charge in [-0.15, -0.1) is 0 Å². The van der Waals surface area contributed by atoms with Crippen molar-refractivity contribution >= 4 is 11.9 Å². The summed E-state index contributed by atoms with van der Waals surface area (Å²) in [6.45, 7) is 4.07. The van der Waals surface area contributed by atoms with Crippen LogP contribution in [-0.4, -0.2) is 28.0 Å². The number of nitrogens with zero attached hydrogens (tertiary/aromatic N) is 2. The quantitative estimate of drug-likeness (QED) is 0.851. The molecule has 21 heavy (non-hydrogen) atoms. The first-order valence-corrected chi connectivity index (χ1v) is 6.76. The number of aromatic nitrogens is 2. The highest BCUT2D eigenvalue weighted by molar-refractivity contribution is 5.99. The van der Waals surface area contributed by atoms with Gasteiger partial charge in [-0.05, 0) is 26.0 Å². The molecule has 0 spiro atoms. The zero-order valence-corrected chi connectivity index (χ0v) is 11.8. The lowest BCUT2D eigenvalue weighted by atomic mass is 10.1. The van der Waals surface area contributed by atoms with Crippen LogP contribution in [0.25, 0.3) is 5.69 Å². The average molecular weight is 285 g/mol. The molecule has 1 aromatic carbocycles. The van der Waals surface area contributed by atoms with Crippen molar-refractivity contribution in [1.29, 1.82) is 0 Å². The molecule has 1 N–H and O–H groups in total. The molecule has 1 aromatic heterocycles. The van der Waals surface area contributed by atoms with Gasteiger partial charge in [0.25, 0.3) is 5.91 Å². The molecule has 0 saturated carbocycles. The van der Waals surface area contributed by atoms with E-state index in [1.165, 1.54) is 0 Å². The van der Waals surface area contributed by atoms with Crippen molar-refractivity contribution in [2.75, 3.05) is 6.61 Å². The Morgan fingerprint density at radius 2 is 2.19 bits per heavy atom. The van der Waals surface area contributed by atoms with Crippen LogP contribution in [0.5, 0.6) is 0 Å². The predicted molar refractivity (Wildman–Crippen MR) is 75.4 cm³/mol. The molecule has 3 rings (SSSR count). The van der Waals surface area contributed by atoms with Gasteiger partial charge in [0.15, 0.2) is 5.69 Å². The van der Waals surface area contributed by atoms with Crippen LogP contribution in [0.1, 0.15) is 39.3 Å². The van der Waals surface area contributed by atoms with Crippen molar-refractivity contribution < 1.29 is 14.3 Å². The maximum Gasteiger partial charge on any atom is 0.358 e. The lowest BCUT2D eigenvalue weighted by molar-refractivity contribution is 0.0517. The van der Waals surface area contributed by atoms with E-state index < -0.39 is 5.97 Å². The van der Waals surface area contributed by atoms with E-state index in [4.69, 9.17) is 4.74 Å². The Balaban J connectivity index is 2.22. The molecule has 2 aromatic rings. The summed E-state index contributed by atoms with van der Waals surface area (Å²) in [5.41, 5.74) is 2.19. The summed E-state index contributed by atoms with van der Waals surface area (Å²) >= 11 is 0. The van der Waals surface area contributed by atoms with Crippen molar-refractivity contribution in [2.45, 2.75) is 20.4 Å². The van der Waals surface area contributed by atoms with Crippen LogP contribution in [0.4, 0.5) is 0 Å². The minimum atomic E-state index is -0.469. The monoisotopic (exact) mass is 285 g/mol. The van der Waals surface area contributed by atoms with E-state index >= 15 is 0 Å². The van der Waals surface area contributed by atoms with Gasteiger partial charge in [0, 0.05) is 0 Å². The topological polar surface area (TPSA) is 73.2 Å². The van der Waals surface area contributed by atoms with Gasteiger partial charge in [0.05, 0.1) is 30.1 Å². The fourth-order valence-electron chi connectivity index (χ4n) is 2.54. The second kappa shape index (κ2) is 5.05. The Kier molecular flexibility index (Phi) is 3.21. The number of carbonyl (C=O) groups excluding carboxylic acids is 2. The van der Waals surface area contributed by atoms with E-state index in [9.17, 15) is 9.59 Å². The minimum absolute atomic E-state index is 0.163. The highest BCUT2D eigenvalue weighted by atomic mass is 16.5. The highest BCUT2D eigenvalue weighted by Gasteiger charge is 2.27. The third-order valence-corrected chi connectivity index (χ3v) is 3.42. The van der Waals surface area contributed by atoms with E-state index in [1.54, 1.807) is 19.9 Å². The maximum absolute atomic E-state index is 12.1. The number of amides is 1. The number of esters is 1. The number of rotatable bonds is 2. The normalized spacial score (nSPS) is 13.0. The number of imidazole rings is 1. The van der Waals surface area contributed by atoms with Gasteiger partial charge in [-0.2, -0.15) is 0 Å². The SMILES string of the molecule is CCOC(=O)c1nc(C)n2c1CNC(=O)c1ccccc1-2. The number of para-hydroxylation sites is 1. The number of hydrogen-bond acceptors (Lipinski definition) is 4. The van der Waals surface area contributed by atoms with Crippen LogP contribution in [0.15, 0.2) is 24.3 Å². The number of ether oxygens (including phenoxy) is 1. The van der Waals surface area contributed by atoms with Crippen molar-refractivity contribution in [2.24, 2.45) is 0 Å². The molecule has 6 heteroatoms. The standard InChI is InChI=1S/C15H15N3O3/c1-3-21-15(20)13-12-8-16-14(19)10-6-4-5-7-11(10)18(12)9(2)17-13/h4-7H,3,8H2,1-2H3,(H,16,19). The zero-order valence-electron chi connectivity index (χ0n) is 11.8. The molecule has 108 valence electrons. The number of aryl methyl sites for hydroxylation is 1. The molecular weight excluding hydrogens is 270 g/mol. The van der Waals surface area contributed by atoms with Crippen LogP contribution in [0.2, 0.25) is 0 Å². The summed E-state index contributed by atoms with van der Waals surface area (Å²) in [5.74, 6) is 0.0171. The fraction of sp³-hybridized carbons (Fsp3) is 0.267. The van der Waals surface area contributed by atoms with Gasteiger partial charge >= 0.3 is 5.97 Å². The number of carbonyl (C=O) groups is 2. The molecular formula is C15H15N3O3. The summed E-state index contributed by atoms with van der Waals surface area (Å²) in [7, 11) is 0. The third-order valence-electron chi connectivity index (χ3n) is 3.42. The molecule has 2 heterocycles. The Morgan fingerprint density at radius 3 is 2.95 bits per heavy atom. The van der Waals surface area contributed by atoms with E-state index in [2.05, 4.69) is 10.3 Å². The molecule has 1 aliphatic rings. The molecule has 0 aliphatic carbocycles. The summed E-state index contributed by atoms with van der Waals surface area (Å²) in [4.78, 5) is 28.5. The summed E-state index contributed by atoms with van der Waals surface area (Å²) in [5, 5.41) is 2.80. The summed E-state index contributed by atoms with van der Waals surface area (Å²) in [6.07, 6.45) is 0. The first kappa shape index (κ1) is 13.4. The Hall–Kier alpha value is -2.63. The van der Waals surface area contributed by atoms with Gasteiger partial charge in [-0.3, -0.25) is 9.36 Å². The van der Waals surface area contributed by atoms with Crippen molar-refractivity contribution in [3.63, 3.8) is 0 Å². The smallest absolute Gasteiger partial charge is 0.358 e. The maximum atomic E-state index is 12.1. The molecule has 0 saturated heterocycles. The second-order valence-corrected chi connectivity index (χ2v) is 4.71. The van der Waals surface area contributed by atoms with Crippen LogP contribution in [0.3, 0.4) is 0 Å². The van der Waals surface area contributed by atoms with Gasteiger partial charge in [-0.1, -0.05) is 12.1 Å². The number of benzene rings is 1. The third kappa shape index (κ3) is 2.08. The number of fused-ring (bicyclic) bond motifs is 3. The van der Waals surface area contributed by atoms with Gasteiger partial charge < -0.3 is 10.1 Å². The molecule has 1 aliphatic heterocycles. The Labute approximate surface area is 121 Å². The van der Waals surface area contributed by atoms with E-state index in [0.717, 1.165) is 5.69 Å². The van der Waals surface area contributed by atoms with Crippen molar-refractivity contribution in [3.8, 4) is 5.69 Å². The lowest BCUT2D eigenvalue weighted by Gasteiger charge is -2.09. The van der Waals surface area contributed by atoms with Gasteiger partial charge in [0.2, 0.25) is 0 Å². The average Bonchev–Trinajstić information content (AvgIpc) is 2.73. The molecule has 0 unspecified atom stereocenters. The molecule has 0 bridgehead atoms. The molecule has 0 atom stereocenters. The van der Waals surface area contributed by atoms with Gasteiger partial charge in [0.1, 0.15) is 5.82 Å². The summed E-state index contributed by atoms with van der Waals surface area (Å²) < 4.78 is 6.87. The van der Waals surface area contributed by atoms with Crippen LogP contribution in [0, 0.1) is 6.92 Å². The lowest BCUT2D eigenvalue weighted by Crippen LogP contribution is -2.22. The van der Waals surface area contributed by atoms with Crippen molar-refractivity contribution in [3.05, 3.63) is 47.0 Å². The second-order valence-electron chi connectivity index (χ2n) is 4.71. The van der Waals surface area contributed by atoms with Gasteiger partial charge in [-0.25, -0.2) is 9.78 Å². The first-order chi connectivity index (χ1) is 10.1. The minimum Gasteiger partial charge on any atom is -0.461 e. The largest absolute Gasteiger partial charge is 0.461 e. The zero-order chi connectivity index (χ0) is 15.0. The predicted octanol–water partition coefficient (Wildman–Crippen LogP) is 1.60. The molecule has 6 nitrogen and oxygen atoms in total. The molecule has 0 fully saturated rings. The van der Waals surface area contributed by atoms with E-state index in [0.29, 0.717) is 17.1 Å². The van der Waals surface area contributed by atoms with Crippen LogP contribution < -0.4 is 5.32 Å². The summed E-state index contributed by atoms with van der Waals surface area (Å²) in [6, 6.07) is 7.25. The van der Waals surface area contributed by atoms with Crippen LogP contribution >= 0.6 is 0 Å². The number of nitrogens with one attached hydrogen (secondary N) is 1. The molecule has 1 amide bonds. The number of hydrogen-bond donors (Lipinski definition) is 1. The fourth-order valence-corrected chi connectivity index (χ4v) is 2.54.